The molecule has 2 aromatic rings. The largest absolute Gasteiger partial charge is 0.481 e. The zero-order chi connectivity index (χ0) is 31.0. The monoisotopic (exact) mass is 584 g/mol. The van der Waals surface area contributed by atoms with Crippen molar-refractivity contribution in [2.75, 3.05) is 7.11 Å². The molecule has 0 saturated carbocycles. The van der Waals surface area contributed by atoms with Crippen LogP contribution < -0.4 is 0 Å². The van der Waals surface area contributed by atoms with E-state index in [2.05, 4.69) is 0 Å². The number of cyclic esters (lactones) is 1. The van der Waals surface area contributed by atoms with Gasteiger partial charge in [-0.2, -0.15) is 0 Å². The Hall–Kier alpha value is -3.82. The summed E-state index contributed by atoms with van der Waals surface area (Å²) in [4.78, 5) is 50.2. The number of carbonyl (C=O) groups excluding carboxylic acids is 3. The van der Waals surface area contributed by atoms with Gasteiger partial charge in [-0.15, -0.1) is 0 Å². The summed E-state index contributed by atoms with van der Waals surface area (Å²) in [5.41, 5.74) is 0.0363. The van der Waals surface area contributed by atoms with Gasteiger partial charge in [0.2, 0.25) is 0 Å². The molecule has 1 aliphatic carbocycles. The number of rotatable bonds is 10. The highest BCUT2D eigenvalue weighted by Crippen LogP contribution is 2.59. The summed E-state index contributed by atoms with van der Waals surface area (Å²) >= 11 is 0. The van der Waals surface area contributed by atoms with Crippen LogP contribution in [-0.2, 0) is 33.4 Å². The first-order valence-electron chi connectivity index (χ1n) is 14.3. The van der Waals surface area contributed by atoms with Crippen molar-refractivity contribution in [2.24, 2.45) is 22.7 Å². The van der Waals surface area contributed by atoms with Gasteiger partial charge in [-0.3, -0.25) is 14.4 Å². The van der Waals surface area contributed by atoms with Crippen molar-refractivity contribution < 1.29 is 47.3 Å². The van der Waals surface area contributed by atoms with Crippen molar-refractivity contribution in [1.29, 1.82) is 0 Å². The summed E-state index contributed by atoms with van der Waals surface area (Å²) in [6.07, 6.45) is 3.35. The molecule has 42 heavy (non-hydrogen) atoms. The van der Waals surface area contributed by atoms with Gasteiger partial charge in [0.1, 0.15) is 23.7 Å². The van der Waals surface area contributed by atoms with Crippen molar-refractivity contribution in [1.82, 2.24) is 0 Å². The fourth-order valence-electron chi connectivity index (χ4n) is 6.40. The standard InChI is InChI=1S/C32H40O10/c1-8-17(2)30(37)42-29-20-13-23(40-27(20)18(3)21(31(29,4)5)14-25(35)38-7)22-15-26(36)41-28(19-10-12-39-16-19)32(22,6)11-9-24(33)34/h10,12-13,15-18,21,28-29H,8-9,11,14H2,1-7H3,(H,33,34). The maximum absolute atomic E-state index is 13.1. The molecule has 0 fully saturated rings. The van der Waals surface area contributed by atoms with Crippen LogP contribution >= 0.6 is 0 Å². The van der Waals surface area contributed by atoms with Gasteiger partial charge in [-0.1, -0.05) is 41.5 Å². The van der Waals surface area contributed by atoms with E-state index in [9.17, 15) is 24.3 Å². The highest BCUT2D eigenvalue weighted by atomic mass is 16.6. The molecule has 6 unspecified atom stereocenters. The Morgan fingerprint density at radius 2 is 1.90 bits per heavy atom. The SMILES string of the molecule is CCC(C)C(=O)OC1c2cc(C3=CC(=O)OC(c4ccoc4)C3(C)CCC(=O)O)oc2C(C)C(CC(=O)OC)C1(C)C. The van der Waals surface area contributed by atoms with Gasteiger partial charge in [-0.25, -0.2) is 4.79 Å². The lowest BCUT2D eigenvalue weighted by Crippen LogP contribution is -2.42. The third-order valence-electron chi connectivity index (χ3n) is 9.24. The minimum Gasteiger partial charge on any atom is -0.481 e. The number of furan rings is 2. The van der Waals surface area contributed by atoms with Gasteiger partial charge >= 0.3 is 23.9 Å². The maximum atomic E-state index is 13.1. The Morgan fingerprint density at radius 3 is 2.50 bits per heavy atom. The first-order valence-corrected chi connectivity index (χ1v) is 14.3. The van der Waals surface area contributed by atoms with E-state index in [0.717, 1.165) is 0 Å². The second-order valence-corrected chi connectivity index (χ2v) is 12.3. The quantitative estimate of drug-likeness (QED) is 0.247. The van der Waals surface area contributed by atoms with Crippen molar-refractivity contribution >= 4 is 29.5 Å². The Bertz CT molecular complexity index is 1360. The summed E-state index contributed by atoms with van der Waals surface area (Å²) in [6, 6.07) is 3.46. The topological polar surface area (TPSA) is 142 Å². The first kappa shape index (κ1) is 31.1. The molecule has 0 saturated heterocycles. The predicted molar refractivity (Wildman–Crippen MR) is 150 cm³/mol. The summed E-state index contributed by atoms with van der Waals surface area (Å²) in [6.45, 7) is 11.4. The number of aliphatic carboxylic acids is 1. The van der Waals surface area contributed by atoms with Crippen LogP contribution in [0.25, 0.3) is 5.57 Å². The minimum absolute atomic E-state index is 0.0887. The lowest BCUT2D eigenvalue weighted by Gasteiger charge is -2.46. The zero-order valence-corrected chi connectivity index (χ0v) is 25.2. The fraction of sp³-hybridized carbons (Fsp3) is 0.562. The number of carboxylic acid groups (broad SMARTS) is 1. The van der Waals surface area contributed by atoms with Gasteiger partial charge in [-0.05, 0) is 30.9 Å². The molecule has 6 atom stereocenters. The number of carboxylic acids is 1. The van der Waals surface area contributed by atoms with E-state index in [1.54, 1.807) is 19.1 Å². The first-order chi connectivity index (χ1) is 19.7. The number of ether oxygens (including phenoxy) is 3. The van der Waals surface area contributed by atoms with Gasteiger partial charge < -0.3 is 28.2 Å². The summed E-state index contributed by atoms with van der Waals surface area (Å²) in [7, 11) is 1.34. The molecular formula is C32H40O10. The average molecular weight is 585 g/mol. The Morgan fingerprint density at radius 1 is 1.19 bits per heavy atom. The van der Waals surface area contributed by atoms with Gasteiger partial charge in [0.25, 0.3) is 0 Å². The molecule has 228 valence electrons. The fourth-order valence-corrected chi connectivity index (χ4v) is 6.40. The van der Waals surface area contributed by atoms with Crippen molar-refractivity contribution in [3.63, 3.8) is 0 Å². The van der Waals surface area contributed by atoms with Crippen LogP contribution in [0.15, 0.2) is 39.6 Å². The molecule has 0 radical (unpaired) electrons. The highest BCUT2D eigenvalue weighted by Gasteiger charge is 2.53. The molecule has 0 bridgehead atoms. The van der Waals surface area contributed by atoms with Crippen molar-refractivity contribution in [3.8, 4) is 0 Å². The summed E-state index contributed by atoms with van der Waals surface area (Å²) in [5, 5.41) is 9.56. The smallest absolute Gasteiger partial charge is 0.331 e. The lowest BCUT2D eigenvalue weighted by atomic mass is 9.61. The molecule has 2 aliphatic rings. The maximum Gasteiger partial charge on any atom is 0.331 e. The third kappa shape index (κ3) is 5.63. The number of hydrogen-bond acceptors (Lipinski definition) is 9. The van der Waals surface area contributed by atoms with Gasteiger partial charge in [0.05, 0.1) is 25.6 Å². The van der Waals surface area contributed by atoms with E-state index in [1.165, 1.54) is 25.7 Å². The molecule has 2 aromatic heterocycles. The number of fused-ring (bicyclic) bond motifs is 1. The Kier molecular flexibility index (Phi) is 8.76. The van der Waals surface area contributed by atoms with E-state index in [4.69, 9.17) is 23.0 Å². The number of hydrogen-bond donors (Lipinski definition) is 1. The third-order valence-corrected chi connectivity index (χ3v) is 9.24. The van der Waals surface area contributed by atoms with Crippen LogP contribution in [-0.4, -0.2) is 36.1 Å². The molecule has 1 N–H and O–H groups in total. The minimum atomic E-state index is -0.996. The van der Waals surface area contributed by atoms with Crippen LogP contribution in [0.5, 0.6) is 0 Å². The van der Waals surface area contributed by atoms with Gasteiger partial charge in [0, 0.05) is 52.4 Å². The van der Waals surface area contributed by atoms with Crippen LogP contribution in [0.2, 0.25) is 0 Å². The lowest BCUT2D eigenvalue weighted by molar-refractivity contribution is -0.167. The molecule has 0 amide bonds. The molecule has 0 aromatic carbocycles. The summed E-state index contributed by atoms with van der Waals surface area (Å²) < 4.78 is 28.7. The Balaban J connectivity index is 1.87. The van der Waals surface area contributed by atoms with Crippen LogP contribution in [0.4, 0.5) is 0 Å². The average Bonchev–Trinajstić information content (AvgIpc) is 3.63. The van der Waals surface area contributed by atoms with E-state index >= 15 is 0 Å². The molecule has 10 nitrogen and oxygen atoms in total. The second-order valence-electron chi connectivity index (χ2n) is 12.3. The van der Waals surface area contributed by atoms with Crippen LogP contribution in [0.1, 0.15) is 108 Å². The van der Waals surface area contributed by atoms with Gasteiger partial charge in [0.15, 0.2) is 0 Å². The molecule has 4 rings (SSSR count). The molecule has 0 spiro atoms. The van der Waals surface area contributed by atoms with Crippen molar-refractivity contribution in [3.05, 3.63) is 53.4 Å². The number of carbonyl (C=O) groups is 4. The number of methoxy groups -OCH3 is 1. The molecule has 1 aliphatic heterocycles. The van der Waals surface area contributed by atoms with E-state index < -0.39 is 35.0 Å². The molecular weight excluding hydrogens is 544 g/mol. The molecule has 10 heteroatoms. The van der Waals surface area contributed by atoms with Crippen LogP contribution in [0.3, 0.4) is 0 Å². The van der Waals surface area contributed by atoms with Crippen molar-refractivity contribution in [2.45, 2.75) is 85.4 Å². The number of esters is 3. The predicted octanol–water partition coefficient (Wildman–Crippen LogP) is 6.38. The van der Waals surface area contributed by atoms with E-state index in [1.807, 2.05) is 34.6 Å². The van der Waals surface area contributed by atoms with E-state index in [-0.39, 0.29) is 49.0 Å². The van der Waals surface area contributed by atoms with E-state index in [0.29, 0.717) is 34.6 Å². The Labute approximate surface area is 245 Å². The molecule has 3 heterocycles. The summed E-state index contributed by atoms with van der Waals surface area (Å²) in [5.74, 6) is -2.35. The zero-order valence-electron chi connectivity index (χ0n) is 25.2. The second kappa shape index (κ2) is 11.8. The highest BCUT2D eigenvalue weighted by molar-refractivity contribution is 5.94. The normalized spacial score (nSPS) is 27.3. The van der Waals surface area contributed by atoms with Crippen LogP contribution in [0, 0.1) is 22.7 Å².